The molecule has 0 bridgehead atoms. The number of carbonyl (C=O) groups is 2. The Morgan fingerprint density at radius 2 is 1.64 bits per heavy atom. The van der Waals surface area contributed by atoms with Gasteiger partial charge in [0.2, 0.25) is 5.78 Å². The molecule has 1 aromatic heterocycles. The second-order valence-electron chi connectivity index (χ2n) is 5.24. The van der Waals surface area contributed by atoms with Crippen LogP contribution in [0.25, 0.3) is 0 Å². The van der Waals surface area contributed by atoms with Gasteiger partial charge in [0.1, 0.15) is 0 Å². The summed E-state index contributed by atoms with van der Waals surface area (Å²) in [5.41, 5.74) is 1.00. The molecule has 1 atom stereocenters. The van der Waals surface area contributed by atoms with Crippen molar-refractivity contribution in [3.05, 3.63) is 89.3 Å². The van der Waals surface area contributed by atoms with Gasteiger partial charge in [0.25, 0.3) is 5.91 Å². The van der Waals surface area contributed by atoms with Crippen molar-refractivity contribution in [2.75, 3.05) is 5.32 Å². The Balaban J connectivity index is 1.86. The van der Waals surface area contributed by atoms with Crippen LogP contribution < -0.4 is 10.6 Å². The van der Waals surface area contributed by atoms with Crippen LogP contribution in [0.4, 0.5) is 5.69 Å². The van der Waals surface area contributed by atoms with Gasteiger partial charge < -0.3 is 15.1 Å². The van der Waals surface area contributed by atoms with Gasteiger partial charge in [-0.15, -0.1) is 0 Å². The summed E-state index contributed by atoms with van der Waals surface area (Å²) in [5.74, 6) is -0.675. The lowest BCUT2D eigenvalue weighted by molar-refractivity contribution is 0.0853. The number of furan rings is 1. The molecule has 5 nitrogen and oxygen atoms in total. The third-order valence-corrected chi connectivity index (χ3v) is 3.84. The van der Waals surface area contributed by atoms with Gasteiger partial charge in [-0.3, -0.25) is 9.59 Å². The van der Waals surface area contributed by atoms with E-state index in [-0.39, 0.29) is 11.5 Å². The van der Waals surface area contributed by atoms with E-state index in [0.29, 0.717) is 16.3 Å². The van der Waals surface area contributed by atoms with E-state index in [1.807, 2.05) is 6.07 Å². The van der Waals surface area contributed by atoms with Gasteiger partial charge in [0, 0.05) is 5.56 Å². The first-order valence-electron chi connectivity index (χ1n) is 7.60. The highest BCUT2D eigenvalue weighted by Crippen LogP contribution is 2.21. The molecule has 0 aliphatic heterocycles. The van der Waals surface area contributed by atoms with E-state index in [0.717, 1.165) is 0 Å². The number of nitrogens with one attached hydrogen (secondary N) is 2. The van der Waals surface area contributed by atoms with Crippen LogP contribution in [0.5, 0.6) is 0 Å². The zero-order chi connectivity index (χ0) is 17.6. The molecule has 2 N–H and O–H groups in total. The van der Waals surface area contributed by atoms with Crippen LogP contribution in [-0.2, 0) is 0 Å². The standard InChI is InChI=1S/C19H15ClN2O3/c20-14-9-4-5-10-15(14)21-18(17(23)13-7-2-1-3-8-13)22-19(24)16-11-6-12-25-16/h1-12,18,21H,(H,22,24). The van der Waals surface area contributed by atoms with Gasteiger partial charge in [-0.1, -0.05) is 54.1 Å². The first kappa shape index (κ1) is 16.8. The van der Waals surface area contributed by atoms with Crippen LogP contribution in [0.15, 0.2) is 77.4 Å². The SMILES string of the molecule is O=C(NC(Nc1ccccc1Cl)C(=O)c1ccccc1)c1ccco1. The molecule has 0 spiro atoms. The lowest BCUT2D eigenvalue weighted by Gasteiger charge is -2.20. The van der Waals surface area contributed by atoms with Crippen LogP contribution in [0, 0.1) is 0 Å². The Hall–Kier alpha value is -3.05. The summed E-state index contributed by atoms with van der Waals surface area (Å²) in [6, 6.07) is 18.8. The molecule has 6 heteroatoms. The first-order valence-corrected chi connectivity index (χ1v) is 7.97. The Bertz CT molecular complexity index is 863. The van der Waals surface area contributed by atoms with Crippen molar-refractivity contribution in [3.8, 4) is 0 Å². The van der Waals surface area contributed by atoms with E-state index < -0.39 is 12.1 Å². The van der Waals surface area contributed by atoms with Crippen molar-refractivity contribution in [1.82, 2.24) is 5.32 Å². The maximum Gasteiger partial charge on any atom is 0.288 e. The van der Waals surface area contributed by atoms with E-state index >= 15 is 0 Å². The maximum atomic E-state index is 12.8. The molecule has 3 aromatic rings. The molecule has 0 aliphatic carbocycles. The summed E-state index contributed by atoms with van der Waals surface area (Å²) < 4.78 is 5.08. The number of benzene rings is 2. The number of anilines is 1. The molecule has 1 unspecified atom stereocenters. The quantitative estimate of drug-likeness (QED) is 0.518. The molecule has 1 amide bonds. The number of Topliss-reactive ketones (excluding diaryl/α,β-unsaturated/α-hetero) is 1. The summed E-state index contributed by atoms with van der Waals surface area (Å²) in [4.78, 5) is 25.1. The minimum Gasteiger partial charge on any atom is -0.459 e. The molecule has 0 saturated carbocycles. The molecular weight excluding hydrogens is 340 g/mol. The zero-order valence-electron chi connectivity index (χ0n) is 13.1. The summed E-state index contributed by atoms with van der Waals surface area (Å²) in [6.07, 6.45) is 0.393. The minimum atomic E-state index is -1.00. The summed E-state index contributed by atoms with van der Waals surface area (Å²) in [6.45, 7) is 0. The molecule has 126 valence electrons. The fourth-order valence-electron chi connectivity index (χ4n) is 2.28. The maximum absolute atomic E-state index is 12.8. The molecule has 25 heavy (non-hydrogen) atoms. The number of amides is 1. The van der Waals surface area contributed by atoms with Gasteiger partial charge >= 0.3 is 0 Å². The van der Waals surface area contributed by atoms with Gasteiger partial charge in [-0.05, 0) is 24.3 Å². The molecule has 0 radical (unpaired) electrons. The predicted octanol–water partition coefficient (Wildman–Crippen LogP) is 3.98. The van der Waals surface area contributed by atoms with Crippen molar-refractivity contribution < 1.29 is 14.0 Å². The van der Waals surface area contributed by atoms with Crippen LogP contribution in [0.2, 0.25) is 5.02 Å². The molecule has 2 aromatic carbocycles. The Morgan fingerprint density at radius 1 is 0.920 bits per heavy atom. The molecule has 0 aliphatic rings. The highest BCUT2D eigenvalue weighted by atomic mass is 35.5. The third-order valence-electron chi connectivity index (χ3n) is 3.51. The number of ketones is 1. The molecule has 3 rings (SSSR count). The predicted molar refractivity (Wildman–Crippen MR) is 95.8 cm³/mol. The normalized spacial score (nSPS) is 11.6. The van der Waals surface area contributed by atoms with Gasteiger partial charge in [-0.25, -0.2) is 0 Å². The second-order valence-corrected chi connectivity index (χ2v) is 5.65. The zero-order valence-corrected chi connectivity index (χ0v) is 13.9. The van der Waals surface area contributed by atoms with Crippen molar-refractivity contribution in [3.63, 3.8) is 0 Å². The topological polar surface area (TPSA) is 71.3 Å². The smallest absolute Gasteiger partial charge is 0.288 e. The summed E-state index contributed by atoms with van der Waals surface area (Å²) in [5, 5.41) is 6.07. The lowest BCUT2D eigenvalue weighted by Crippen LogP contribution is -2.46. The molecule has 0 fully saturated rings. The van der Waals surface area contributed by atoms with Crippen molar-refractivity contribution >= 4 is 29.0 Å². The number of halogens is 1. The van der Waals surface area contributed by atoms with Crippen LogP contribution >= 0.6 is 11.6 Å². The number of carbonyl (C=O) groups excluding carboxylic acids is 2. The fraction of sp³-hybridized carbons (Fsp3) is 0.0526. The van der Waals surface area contributed by atoms with E-state index in [9.17, 15) is 9.59 Å². The van der Waals surface area contributed by atoms with Crippen LogP contribution in [0.3, 0.4) is 0 Å². The van der Waals surface area contributed by atoms with E-state index in [2.05, 4.69) is 10.6 Å². The number of hydrogen-bond donors (Lipinski definition) is 2. The van der Waals surface area contributed by atoms with Crippen molar-refractivity contribution in [2.24, 2.45) is 0 Å². The molecule has 1 heterocycles. The van der Waals surface area contributed by atoms with E-state index in [1.165, 1.54) is 12.3 Å². The Kier molecular flexibility index (Phi) is 5.16. The average Bonchev–Trinajstić information content (AvgIpc) is 3.18. The van der Waals surface area contributed by atoms with Gasteiger partial charge in [-0.2, -0.15) is 0 Å². The second kappa shape index (κ2) is 7.68. The van der Waals surface area contributed by atoms with E-state index in [1.54, 1.807) is 54.6 Å². The summed E-state index contributed by atoms with van der Waals surface area (Å²) >= 11 is 6.15. The number of rotatable bonds is 6. The summed E-state index contributed by atoms with van der Waals surface area (Å²) in [7, 11) is 0. The van der Waals surface area contributed by atoms with Crippen molar-refractivity contribution in [1.29, 1.82) is 0 Å². The lowest BCUT2D eigenvalue weighted by atomic mass is 10.1. The van der Waals surface area contributed by atoms with Gasteiger partial charge in [0.05, 0.1) is 17.0 Å². The Labute approximate surface area is 149 Å². The average molecular weight is 355 g/mol. The molecular formula is C19H15ClN2O3. The largest absolute Gasteiger partial charge is 0.459 e. The first-order chi connectivity index (χ1) is 12.1. The fourth-order valence-corrected chi connectivity index (χ4v) is 2.47. The number of hydrogen-bond acceptors (Lipinski definition) is 4. The Morgan fingerprint density at radius 3 is 2.32 bits per heavy atom. The van der Waals surface area contributed by atoms with Crippen LogP contribution in [0.1, 0.15) is 20.9 Å². The minimum absolute atomic E-state index is 0.117. The van der Waals surface area contributed by atoms with Crippen molar-refractivity contribution in [2.45, 2.75) is 6.17 Å². The monoisotopic (exact) mass is 354 g/mol. The van der Waals surface area contributed by atoms with Crippen LogP contribution in [-0.4, -0.2) is 17.9 Å². The third kappa shape index (κ3) is 4.08. The highest BCUT2D eigenvalue weighted by molar-refractivity contribution is 6.33. The molecule has 0 saturated heterocycles. The highest BCUT2D eigenvalue weighted by Gasteiger charge is 2.24. The number of para-hydroxylation sites is 1. The van der Waals surface area contributed by atoms with Gasteiger partial charge in [0.15, 0.2) is 11.9 Å². The van der Waals surface area contributed by atoms with E-state index in [4.69, 9.17) is 16.0 Å².